The lowest BCUT2D eigenvalue weighted by molar-refractivity contribution is -0.115. The van der Waals surface area contributed by atoms with Crippen LogP contribution in [0, 0.1) is 6.92 Å². The lowest BCUT2D eigenvalue weighted by Gasteiger charge is -2.19. The van der Waals surface area contributed by atoms with Crippen molar-refractivity contribution in [1.29, 1.82) is 0 Å². The number of benzene rings is 1. The molecule has 0 saturated heterocycles. The summed E-state index contributed by atoms with van der Waals surface area (Å²) in [5.41, 5.74) is 0.915. The Balaban J connectivity index is 2.44. The first-order chi connectivity index (χ1) is 9.17. The molecule has 20 heavy (non-hydrogen) atoms. The van der Waals surface area contributed by atoms with Crippen LogP contribution in [0.3, 0.4) is 0 Å². The van der Waals surface area contributed by atoms with Crippen LogP contribution in [0.15, 0.2) is 18.2 Å². The number of hydrogen-bond acceptors (Lipinski definition) is 3. The van der Waals surface area contributed by atoms with Gasteiger partial charge in [0.05, 0.1) is 0 Å². The molecular weight excluding hydrogens is 280 g/mol. The van der Waals surface area contributed by atoms with Crippen LogP contribution in [-0.4, -0.2) is 24.1 Å². The highest BCUT2D eigenvalue weighted by molar-refractivity contribution is 6.31. The number of amides is 2. The Morgan fingerprint density at radius 3 is 2.50 bits per heavy atom. The lowest BCUT2D eigenvalue weighted by Crippen LogP contribution is -2.37. The number of carbonyl (C=O) groups is 2. The molecule has 0 atom stereocenters. The maximum Gasteiger partial charge on any atom is 0.408 e. The molecule has 0 saturated carbocycles. The minimum absolute atomic E-state index is 0.166. The topological polar surface area (TPSA) is 67.4 Å². The minimum atomic E-state index is -0.630. The van der Waals surface area contributed by atoms with Gasteiger partial charge in [0, 0.05) is 10.7 Å². The molecule has 2 amide bonds. The molecule has 0 aliphatic rings. The quantitative estimate of drug-likeness (QED) is 0.901. The molecule has 0 bridgehead atoms. The smallest absolute Gasteiger partial charge is 0.408 e. The fraction of sp³-hybridized carbons (Fsp3) is 0.429. The molecule has 1 aromatic rings. The van der Waals surface area contributed by atoms with Crippen LogP contribution < -0.4 is 10.6 Å². The monoisotopic (exact) mass is 298 g/mol. The fourth-order valence-corrected chi connectivity index (χ4v) is 1.52. The molecule has 0 aromatic heterocycles. The van der Waals surface area contributed by atoms with Crippen molar-refractivity contribution >= 4 is 29.3 Å². The minimum Gasteiger partial charge on any atom is -0.444 e. The third-order valence-electron chi connectivity index (χ3n) is 2.25. The van der Waals surface area contributed by atoms with Crippen molar-refractivity contribution in [2.45, 2.75) is 33.3 Å². The van der Waals surface area contributed by atoms with Gasteiger partial charge in [-0.25, -0.2) is 4.79 Å². The highest BCUT2D eigenvalue weighted by atomic mass is 35.5. The van der Waals surface area contributed by atoms with Gasteiger partial charge < -0.3 is 15.4 Å². The maximum absolute atomic E-state index is 11.7. The van der Waals surface area contributed by atoms with Crippen molar-refractivity contribution in [3.8, 4) is 0 Å². The second-order valence-corrected chi connectivity index (χ2v) is 5.77. The number of carbonyl (C=O) groups excluding carboxylic acids is 2. The van der Waals surface area contributed by atoms with Crippen LogP contribution in [-0.2, 0) is 9.53 Å². The van der Waals surface area contributed by atoms with E-state index < -0.39 is 11.7 Å². The molecule has 0 unspecified atom stereocenters. The molecule has 0 radical (unpaired) electrons. The molecule has 5 nitrogen and oxygen atoms in total. The van der Waals surface area contributed by atoms with E-state index in [0.29, 0.717) is 10.7 Å². The van der Waals surface area contributed by atoms with Gasteiger partial charge in [0.2, 0.25) is 5.91 Å². The van der Waals surface area contributed by atoms with E-state index in [0.717, 1.165) is 5.56 Å². The number of hydrogen-bond donors (Lipinski definition) is 2. The lowest BCUT2D eigenvalue weighted by atomic mass is 10.2. The Morgan fingerprint density at radius 2 is 1.95 bits per heavy atom. The molecule has 0 fully saturated rings. The third kappa shape index (κ3) is 5.93. The average Bonchev–Trinajstić information content (AvgIpc) is 2.29. The molecule has 0 aliphatic carbocycles. The Hall–Kier alpha value is -1.75. The van der Waals surface area contributed by atoms with Crippen molar-refractivity contribution in [1.82, 2.24) is 5.32 Å². The summed E-state index contributed by atoms with van der Waals surface area (Å²) in [4.78, 5) is 23.0. The van der Waals surface area contributed by atoms with Crippen molar-refractivity contribution in [3.05, 3.63) is 28.8 Å². The van der Waals surface area contributed by atoms with E-state index in [2.05, 4.69) is 10.6 Å². The predicted octanol–water partition coefficient (Wildman–Crippen LogP) is 3.11. The van der Waals surface area contributed by atoms with E-state index >= 15 is 0 Å². The van der Waals surface area contributed by atoms with Crippen LogP contribution in [0.1, 0.15) is 26.3 Å². The highest BCUT2D eigenvalue weighted by Crippen LogP contribution is 2.19. The molecule has 0 heterocycles. The van der Waals surface area contributed by atoms with Crippen LogP contribution in [0.5, 0.6) is 0 Å². The molecule has 1 aromatic carbocycles. The van der Waals surface area contributed by atoms with Gasteiger partial charge in [-0.3, -0.25) is 4.79 Å². The zero-order valence-corrected chi connectivity index (χ0v) is 12.8. The molecule has 110 valence electrons. The average molecular weight is 299 g/mol. The number of rotatable bonds is 3. The summed E-state index contributed by atoms with van der Waals surface area (Å²) in [7, 11) is 0. The second-order valence-electron chi connectivity index (χ2n) is 5.37. The summed E-state index contributed by atoms with van der Waals surface area (Å²) in [6, 6.07) is 5.20. The maximum atomic E-state index is 11.7. The van der Waals surface area contributed by atoms with Crippen LogP contribution in [0.2, 0.25) is 5.02 Å². The van der Waals surface area contributed by atoms with E-state index in [1.807, 2.05) is 6.92 Å². The number of halogens is 1. The van der Waals surface area contributed by atoms with Crippen molar-refractivity contribution in [3.63, 3.8) is 0 Å². The van der Waals surface area contributed by atoms with Gasteiger partial charge in [0.1, 0.15) is 12.1 Å². The van der Waals surface area contributed by atoms with Crippen molar-refractivity contribution in [2.75, 3.05) is 11.9 Å². The largest absolute Gasteiger partial charge is 0.444 e. The highest BCUT2D eigenvalue weighted by Gasteiger charge is 2.16. The summed E-state index contributed by atoms with van der Waals surface area (Å²) in [6.45, 7) is 6.96. The number of ether oxygens (including phenoxy) is 1. The summed E-state index contributed by atoms with van der Waals surface area (Å²) >= 11 is 5.96. The molecule has 0 spiro atoms. The van der Waals surface area contributed by atoms with Crippen LogP contribution >= 0.6 is 11.6 Å². The van der Waals surface area contributed by atoms with Gasteiger partial charge in [0.15, 0.2) is 0 Å². The van der Waals surface area contributed by atoms with E-state index in [1.54, 1.807) is 39.0 Å². The van der Waals surface area contributed by atoms with Gasteiger partial charge in [-0.15, -0.1) is 0 Å². The third-order valence-corrected chi connectivity index (χ3v) is 2.65. The summed E-state index contributed by atoms with van der Waals surface area (Å²) in [5, 5.41) is 5.59. The first-order valence-electron chi connectivity index (χ1n) is 6.20. The van der Waals surface area contributed by atoms with E-state index in [4.69, 9.17) is 16.3 Å². The van der Waals surface area contributed by atoms with Crippen molar-refractivity contribution < 1.29 is 14.3 Å². The van der Waals surface area contributed by atoms with E-state index in [-0.39, 0.29) is 12.5 Å². The fourth-order valence-electron chi connectivity index (χ4n) is 1.34. The Labute approximate surface area is 123 Å². The Bertz CT molecular complexity index is 510. The first kappa shape index (κ1) is 16.3. The first-order valence-corrected chi connectivity index (χ1v) is 6.58. The van der Waals surface area contributed by atoms with Crippen LogP contribution in [0.25, 0.3) is 0 Å². The number of anilines is 1. The number of alkyl carbamates (subject to hydrolysis) is 1. The van der Waals surface area contributed by atoms with Gasteiger partial charge in [-0.05, 0) is 45.4 Å². The van der Waals surface area contributed by atoms with Gasteiger partial charge >= 0.3 is 6.09 Å². The SMILES string of the molecule is Cc1ccc(NC(=O)CNC(=O)OC(C)(C)C)cc1Cl. The van der Waals surface area contributed by atoms with E-state index in [9.17, 15) is 9.59 Å². The Kier molecular flexibility index (Phi) is 5.39. The molecule has 6 heteroatoms. The van der Waals surface area contributed by atoms with Gasteiger partial charge in [-0.2, -0.15) is 0 Å². The van der Waals surface area contributed by atoms with Gasteiger partial charge in [0.25, 0.3) is 0 Å². The van der Waals surface area contributed by atoms with E-state index in [1.165, 1.54) is 0 Å². The summed E-state index contributed by atoms with van der Waals surface area (Å²) < 4.78 is 5.02. The molecule has 0 aliphatic heterocycles. The van der Waals surface area contributed by atoms with Gasteiger partial charge in [-0.1, -0.05) is 17.7 Å². The zero-order valence-electron chi connectivity index (χ0n) is 12.0. The zero-order chi connectivity index (χ0) is 15.3. The van der Waals surface area contributed by atoms with Crippen LogP contribution in [0.4, 0.5) is 10.5 Å². The number of nitrogens with one attached hydrogen (secondary N) is 2. The predicted molar refractivity (Wildman–Crippen MR) is 79.1 cm³/mol. The standard InChI is InChI=1S/C14H19ClN2O3/c1-9-5-6-10(7-11(9)15)17-12(18)8-16-13(19)20-14(2,3)4/h5-7H,8H2,1-4H3,(H,16,19)(H,17,18). The summed E-state index contributed by atoms with van der Waals surface area (Å²) in [5.74, 6) is -0.351. The second kappa shape index (κ2) is 6.61. The number of aryl methyl sites for hydroxylation is 1. The molecule has 2 N–H and O–H groups in total. The Morgan fingerprint density at radius 1 is 1.30 bits per heavy atom. The molecule has 1 rings (SSSR count). The normalized spacial score (nSPS) is 10.8. The summed E-state index contributed by atoms with van der Waals surface area (Å²) in [6.07, 6.45) is -0.630. The van der Waals surface area contributed by atoms with Crippen molar-refractivity contribution in [2.24, 2.45) is 0 Å². The molecular formula is C14H19ClN2O3.